The minimum Gasteiger partial charge on any atom is -0.373 e. The molecule has 0 spiro atoms. The fraction of sp³-hybridized carbons (Fsp3) is 0.500. The lowest BCUT2D eigenvalue weighted by molar-refractivity contribution is -0.137. The molecule has 1 unspecified atom stereocenters. The van der Waals surface area contributed by atoms with E-state index in [1.807, 2.05) is 11.9 Å². The van der Waals surface area contributed by atoms with Crippen LogP contribution in [0.5, 0.6) is 0 Å². The third kappa shape index (κ3) is 4.01. The minimum absolute atomic E-state index is 0.0518. The molecule has 1 saturated heterocycles. The molecule has 1 fully saturated rings. The van der Waals surface area contributed by atoms with E-state index in [0.717, 1.165) is 12.1 Å². The van der Waals surface area contributed by atoms with E-state index in [9.17, 15) is 9.18 Å². The average molecular weight is 266 g/mol. The molecule has 1 N–H and O–H groups in total. The van der Waals surface area contributed by atoms with Crippen LogP contribution in [0.15, 0.2) is 24.3 Å². The van der Waals surface area contributed by atoms with Gasteiger partial charge in [-0.15, -0.1) is 0 Å². The number of hydrogen-bond acceptors (Lipinski definition) is 3. The summed E-state index contributed by atoms with van der Waals surface area (Å²) in [7, 11) is 1.86. The first-order valence-corrected chi connectivity index (χ1v) is 6.47. The number of nitrogens with one attached hydrogen (secondary N) is 1. The quantitative estimate of drug-likeness (QED) is 0.877. The van der Waals surface area contributed by atoms with Gasteiger partial charge in [-0.1, -0.05) is 12.1 Å². The van der Waals surface area contributed by atoms with Crippen LogP contribution in [-0.4, -0.2) is 50.2 Å². The maximum atomic E-state index is 12.8. The highest BCUT2D eigenvalue weighted by atomic mass is 19.1. The lowest BCUT2D eigenvalue weighted by Gasteiger charge is -2.33. The van der Waals surface area contributed by atoms with Gasteiger partial charge in [0.05, 0.1) is 19.1 Å². The lowest BCUT2D eigenvalue weighted by atomic mass is 10.1. The van der Waals surface area contributed by atoms with Crippen molar-refractivity contribution in [3.8, 4) is 0 Å². The number of benzene rings is 1. The van der Waals surface area contributed by atoms with Crippen molar-refractivity contribution in [3.63, 3.8) is 0 Å². The van der Waals surface area contributed by atoms with Gasteiger partial charge < -0.3 is 15.0 Å². The molecule has 1 amide bonds. The van der Waals surface area contributed by atoms with Crippen molar-refractivity contribution in [2.45, 2.75) is 12.5 Å². The summed E-state index contributed by atoms with van der Waals surface area (Å²) >= 11 is 0. The summed E-state index contributed by atoms with van der Waals surface area (Å²) in [5, 5.41) is 3.05. The van der Waals surface area contributed by atoms with Crippen molar-refractivity contribution in [1.82, 2.24) is 10.2 Å². The van der Waals surface area contributed by atoms with E-state index in [4.69, 9.17) is 4.74 Å². The van der Waals surface area contributed by atoms with Crippen LogP contribution >= 0.6 is 0 Å². The van der Waals surface area contributed by atoms with Crippen LogP contribution in [0.1, 0.15) is 5.56 Å². The zero-order valence-electron chi connectivity index (χ0n) is 11.1. The Kier molecular flexibility index (Phi) is 4.87. The molecule has 2 rings (SSSR count). The second-order valence-electron chi connectivity index (χ2n) is 4.69. The first-order chi connectivity index (χ1) is 9.19. The number of carbonyl (C=O) groups is 1. The van der Waals surface area contributed by atoms with Crippen molar-refractivity contribution in [1.29, 1.82) is 0 Å². The molecule has 104 valence electrons. The molecule has 0 radical (unpaired) electrons. The largest absolute Gasteiger partial charge is 0.373 e. The van der Waals surface area contributed by atoms with E-state index >= 15 is 0 Å². The van der Waals surface area contributed by atoms with Gasteiger partial charge in [0.15, 0.2) is 0 Å². The van der Waals surface area contributed by atoms with Crippen LogP contribution in [0.25, 0.3) is 0 Å². The Morgan fingerprint density at radius 1 is 1.47 bits per heavy atom. The van der Waals surface area contributed by atoms with E-state index in [1.165, 1.54) is 12.1 Å². The SMILES string of the molecule is CNCC1CN(C(=O)Cc2ccc(F)cc2)CCO1. The maximum absolute atomic E-state index is 12.8. The van der Waals surface area contributed by atoms with Gasteiger partial charge in [0.25, 0.3) is 0 Å². The second kappa shape index (κ2) is 6.63. The fourth-order valence-electron chi connectivity index (χ4n) is 2.19. The van der Waals surface area contributed by atoms with Gasteiger partial charge in [-0.3, -0.25) is 4.79 Å². The number of likely N-dealkylation sites (N-methyl/N-ethyl adjacent to an activating group) is 1. The molecule has 5 heteroatoms. The monoisotopic (exact) mass is 266 g/mol. The number of nitrogens with zero attached hydrogens (tertiary/aromatic N) is 1. The molecule has 0 saturated carbocycles. The Morgan fingerprint density at radius 2 is 2.21 bits per heavy atom. The van der Waals surface area contributed by atoms with Crippen LogP contribution in [-0.2, 0) is 16.0 Å². The molecule has 4 nitrogen and oxygen atoms in total. The van der Waals surface area contributed by atoms with Gasteiger partial charge in [0, 0.05) is 19.6 Å². The van der Waals surface area contributed by atoms with E-state index in [2.05, 4.69) is 5.32 Å². The van der Waals surface area contributed by atoms with Crippen molar-refractivity contribution in [3.05, 3.63) is 35.6 Å². The molecule has 1 aromatic rings. The zero-order valence-corrected chi connectivity index (χ0v) is 11.1. The number of carbonyl (C=O) groups excluding carboxylic acids is 1. The molecule has 0 aromatic heterocycles. The second-order valence-corrected chi connectivity index (χ2v) is 4.69. The Balaban J connectivity index is 1.90. The summed E-state index contributed by atoms with van der Waals surface area (Å²) in [6.07, 6.45) is 0.364. The van der Waals surface area contributed by atoms with Crippen LogP contribution in [0.4, 0.5) is 4.39 Å². The van der Waals surface area contributed by atoms with Crippen molar-refractivity contribution in [2.75, 3.05) is 33.3 Å². The fourth-order valence-corrected chi connectivity index (χ4v) is 2.19. The highest BCUT2D eigenvalue weighted by Crippen LogP contribution is 2.09. The first kappa shape index (κ1) is 14.0. The Labute approximate surface area is 112 Å². The maximum Gasteiger partial charge on any atom is 0.227 e. The highest BCUT2D eigenvalue weighted by Gasteiger charge is 2.23. The van der Waals surface area contributed by atoms with Crippen molar-refractivity contribution in [2.24, 2.45) is 0 Å². The summed E-state index contributed by atoms with van der Waals surface area (Å²) in [5.41, 5.74) is 0.836. The molecule has 1 aliphatic rings. The molecule has 1 aromatic carbocycles. The predicted octanol–water partition coefficient (Wildman–Crippen LogP) is 0.815. The average Bonchev–Trinajstić information content (AvgIpc) is 2.42. The molecule has 1 aliphatic heterocycles. The lowest BCUT2D eigenvalue weighted by Crippen LogP contribution is -2.49. The molecule has 0 aliphatic carbocycles. The first-order valence-electron chi connectivity index (χ1n) is 6.47. The third-order valence-corrected chi connectivity index (χ3v) is 3.19. The number of hydrogen-bond donors (Lipinski definition) is 1. The standard InChI is InChI=1S/C14H19FN2O2/c1-16-9-13-10-17(6-7-19-13)14(18)8-11-2-4-12(15)5-3-11/h2-5,13,16H,6-10H2,1H3. The molecule has 0 bridgehead atoms. The van der Waals surface area contributed by atoms with Crippen LogP contribution in [0, 0.1) is 5.82 Å². The number of morpholine rings is 1. The summed E-state index contributed by atoms with van der Waals surface area (Å²) in [4.78, 5) is 14.0. The molecule has 1 heterocycles. The highest BCUT2D eigenvalue weighted by molar-refractivity contribution is 5.78. The van der Waals surface area contributed by atoms with Gasteiger partial charge in [-0.25, -0.2) is 4.39 Å². The van der Waals surface area contributed by atoms with Crippen molar-refractivity contribution >= 4 is 5.91 Å². The smallest absolute Gasteiger partial charge is 0.227 e. The van der Waals surface area contributed by atoms with E-state index < -0.39 is 0 Å². The van der Waals surface area contributed by atoms with Gasteiger partial charge in [0.2, 0.25) is 5.91 Å². The van der Waals surface area contributed by atoms with Crippen LogP contribution in [0.2, 0.25) is 0 Å². The number of halogens is 1. The van der Waals surface area contributed by atoms with E-state index in [-0.39, 0.29) is 17.8 Å². The zero-order chi connectivity index (χ0) is 13.7. The molecular formula is C14H19FN2O2. The van der Waals surface area contributed by atoms with Gasteiger partial charge >= 0.3 is 0 Å². The molecule has 19 heavy (non-hydrogen) atoms. The van der Waals surface area contributed by atoms with Gasteiger partial charge in [0.1, 0.15) is 5.82 Å². The van der Waals surface area contributed by atoms with Gasteiger partial charge in [-0.05, 0) is 24.7 Å². The Bertz CT molecular complexity index is 420. The topological polar surface area (TPSA) is 41.6 Å². The summed E-state index contributed by atoms with van der Waals surface area (Å²) in [6, 6.07) is 6.06. The summed E-state index contributed by atoms with van der Waals surface area (Å²) in [5.74, 6) is -0.215. The number of rotatable bonds is 4. The number of ether oxygens (including phenoxy) is 1. The Morgan fingerprint density at radius 3 is 2.89 bits per heavy atom. The summed E-state index contributed by atoms with van der Waals surface area (Å²) < 4.78 is 18.4. The predicted molar refractivity (Wildman–Crippen MR) is 70.4 cm³/mol. The van der Waals surface area contributed by atoms with Crippen molar-refractivity contribution < 1.29 is 13.9 Å². The van der Waals surface area contributed by atoms with Crippen LogP contribution < -0.4 is 5.32 Å². The molecular weight excluding hydrogens is 247 g/mol. The van der Waals surface area contributed by atoms with Gasteiger partial charge in [-0.2, -0.15) is 0 Å². The van der Waals surface area contributed by atoms with E-state index in [1.54, 1.807) is 12.1 Å². The van der Waals surface area contributed by atoms with E-state index in [0.29, 0.717) is 26.1 Å². The minimum atomic E-state index is -0.281. The Hall–Kier alpha value is -1.46. The van der Waals surface area contributed by atoms with Crippen LogP contribution in [0.3, 0.4) is 0 Å². The summed E-state index contributed by atoms with van der Waals surface area (Å²) in [6.45, 7) is 2.54. The number of amides is 1. The third-order valence-electron chi connectivity index (χ3n) is 3.19. The normalized spacial score (nSPS) is 19.5. The molecule has 1 atom stereocenters.